The molecule has 0 saturated carbocycles. The molecule has 1 aromatic carbocycles. The number of benzene rings is 1. The lowest BCUT2D eigenvalue weighted by molar-refractivity contribution is 1.22. The summed E-state index contributed by atoms with van der Waals surface area (Å²) in [5, 5.41) is 5.21. The van der Waals surface area contributed by atoms with Gasteiger partial charge >= 0.3 is 0 Å². The first-order chi connectivity index (χ1) is 5.27. The van der Waals surface area contributed by atoms with Gasteiger partial charge in [-0.15, -0.1) is 0 Å². The minimum absolute atomic E-state index is 0.554. The highest BCUT2D eigenvalue weighted by molar-refractivity contribution is 6.42. The number of halogens is 2. The van der Waals surface area contributed by atoms with E-state index in [4.69, 9.17) is 23.2 Å². The molecule has 0 aliphatic carbocycles. The number of nitrogens with zero attached hydrogens (tertiary/aromatic N) is 1. The van der Waals surface area contributed by atoms with Gasteiger partial charge in [-0.2, -0.15) is 0 Å². The van der Waals surface area contributed by atoms with Crippen LogP contribution in [0.1, 0.15) is 5.56 Å². The third-order valence-corrected chi connectivity index (χ3v) is 2.26. The van der Waals surface area contributed by atoms with Gasteiger partial charge in [-0.25, -0.2) is 0 Å². The van der Waals surface area contributed by atoms with Gasteiger partial charge in [0.15, 0.2) is 0 Å². The molecular weight excluding hydrogens is 181 g/mol. The average molecular weight is 185 g/mol. The Hall–Kier alpha value is -0.660. The minimum Gasteiger partial charge on any atom is -0.256 e. The lowest BCUT2D eigenvalue weighted by Crippen LogP contribution is -1.81. The minimum atomic E-state index is 0.554. The molecule has 55 valence electrons. The van der Waals surface area contributed by atoms with Gasteiger partial charge in [-0.3, -0.25) is 5.32 Å². The molecule has 0 N–H and O–H groups in total. The molecule has 0 amide bonds. The fraction of sp³-hybridized carbons (Fsp3) is 0. The second kappa shape index (κ2) is 2.43. The molecule has 0 bridgehead atoms. The SMILES string of the molecule is Clc1cc2c(cc1Cl)[N]C=C2. The molecule has 0 saturated heterocycles. The summed E-state index contributed by atoms with van der Waals surface area (Å²) >= 11 is 11.6. The van der Waals surface area contributed by atoms with Crippen LogP contribution < -0.4 is 5.32 Å². The van der Waals surface area contributed by atoms with E-state index in [1.165, 1.54) is 0 Å². The van der Waals surface area contributed by atoms with Crippen LogP contribution in [0.3, 0.4) is 0 Å². The Morgan fingerprint density at radius 1 is 1.09 bits per heavy atom. The van der Waals surface area contributed by atoms with Crippen LogP contribution in [0.5, 0.6) is 0 Å². The lowest BCUT2D eigenvalue weighted by atomic mass is 10.2. The van der Waals surface area contributed by atoms with E-state index in [1.807, 2.05) is 12.1 Å². The molecule has 0 fully saturated rings. The summed E-state index contributed by atoms with van der Waals surface area (Å²) in [4.78, 5) is 0. The van der Waals surface area contributed by atoms with Crippen LogP contribution in [-0.2, 0) is 0 Å². The van der Waals surface area contributed by atoms with Gasteiger partial charge in [0.2, 0.25) is 0 Å². The van der Waals surface area contributed by atoms with Gasteiger partial charge in [0, 0.05) is 11.8 Å². The Balaban J connectivity index is 2.63. The highest BCUT2D eigenvalue weighted by Gasteiger charge is 2.08. The normalized spacial score (nSPS) is 12.9. The molecular formula is C8H4Cl2N. The molecule has 0 spiro atoms. The second-order valence-electron chi connectivity index (χ2n) is 2.27. The maximum atomic E-state index is 5.78. The van der Waals surface area contributed by atoms with Crippen molar-refractivity contribution in [2.45, 2.75) is 0 Å². The van der Waals surface area contributed by atoms with Gasteiger partial charge in [0.05, 0.1) is 15.7 Å². The Morgan fingerprint density at radius 3 is 2.64 bits per heavy atom. The molecule has 1 aromatic rings. The average Bonchev–Trinajstić information content (AvgIpc) is 2.36. The third kappa shape index (κ3) is 1.10. The maximum Gasteiger partial charge on any atom is 0.0718 e. The molecule has 0 aromatic heterocycles. The van der Waals surface area contributed by atoms with Crippen LogP contribution in [0.15, 0.2) is 18.3 Å². The van der Waals surface area contributed by atoms with Crippen molar-refractivity contribution in [3.63, 3.8) is 0 Å². The lowest BCUT2D eigenvalue weighted by Gasteiger charge is -1.99. The van der Waals surface area contributed by atoms with Crippen molar-refractivity contribution in [1.82, 2.24) is 5.32 Å². The van der Waals surface area contributed by atoms with Gasteiger partial charge in [-0.1, -0.05) is 23.2 Å². The summed E-state index contributed by atoms with van der Waals surface area (Å²) in [6, 6.07) is 3.57. The van der Waals surface area contributed by atoms with Gasteiger partial charge in [-0.05, 0) is 18.2 Å². The monoisotopic (exact) mass is 184 g/mol. The summed E-state index contributed by atoms with van der Waals surface area (Å²) in [6.07, 6.45) is 3.63. The quantitative estimate of drug-likeness (QED) is 0.589. The Labute approximate surface area is 74.6 Å². The van der Waals surface area contributed by atoms with Crippen molar-refractivity contribution in [1.29, 1.82) is 0 Å². The summed E-state index contributed by atoms with van der Waals surface area (Å²) < 4.78 is 0. The predicted molar refractivity (Wildman–Crippen MR) is 47.3 cm³/mol. The highest BCUT2D eigenvalue weighted by atomic mass is 35.5. The van der Waals surface area contributed by atoms with Crippen LogP contribution in [-0.4, -0.2) is 0 Å². The first kappa shape index (κ1) is 7.01. The fourth-order valence-corrected chi connectivity index (χ4v) is 1.32. The zero-order valence-electron chi connectivity index (χ0n) is 5.51. The second-order valence-corrected chi connectivity index (χ2v) is 3.08. The standard InChI is InChI=1S/C8H4Cl2N/c9-6-3-5-1-2-11-8(5)4-7(6)10/h1-4H. The van der Waals surface area contributed by atoms with Gasteiger partial charge < -0.3 is 0 Å². The number of fused-ring (bicyclic) bond motifs is 1. The molecule has 1 aliphatic rings. The van der Waals surface area contributed by atoms with Gasteiger partial charge in [0.1, 0.15) is 0 Å². The van der Waals surface area contributed by atoms with Crippen molar-refractivity contribution in [3.05, 3.63) is 33.9 Å². The van der Waals surface area contributed by atoms with E-state index in [1.54, 1.807) is 12.3 Å². The fourth-order valence-electron chi connectivity index (χ4n) is 0.995. The van der Waals surface area contributed by atoms with E-state index in [-0.39, 0.29) is 0 Å². The molecule has 1 aliphatic heterocycles. The van der Waals surface area contributed by atoms with E-state index in [2.05, 4.69) is 5.32 Å². The first-order valence-electron chi connectivity index (χ1n) is 3.14. The zero-order chi connectivity index (χ0) is 7.84. The molecule has 0 unspecified atom stereocenters. The summed E-state index contributed by atoms with van der Waals surface area (Å²) in [5.41, 5.74) is 1.92. The molecule has 1 radical (unpaired) electrons. The number of rotatable bonds is 0. The first-order valence-corrected chi connectivity index (χ1v) is 3.89. The zero-order valence-corrected chi connectivity index (χ0v) is 7.02. The molecule has 11 heavy (non-hydrogen) atoms. The van der Waals surface area contributed by atoms with Crippen molar-refractivity contribution in [2.75, 3.05) is 0 Å². The molecule has 2 rings (SSSR count). The Morgan fingerprint density at radius 2 is 1.82 bits per heavy atom. The molecule has 0 atom stereocenters. The maximum absolute atomic E-state index is 5.78. The Bertz CT molecular complexity index is 331. The van der Waals surface area contributed by atoms with E-state index in [0.29, 0.717) is 10.0 Å². The summed E-state index contributed by atoms with van der Waals surface area (Å²) in [5.74, 6) is 0. The van der Waals surface area contributed by atoms with Crippen molar-refractivity contribution >= 4 is 35.0 Å². The Kier molecular flexibility index (Phi) is 1.55. The topological polar surface area (TPSA) is 14.1 Å². The molecule has 1 nitrogen and oxygen atoms in total. The van der Waals surface area contributed by atoms with Crippen LogP contribution >= 0.6 is 23.2 Å². The largest absolute Gasteiger partial charge is 0.256 e. The van der Waals surface area contributed by atoms with Crippen LogP contribution in [0.4, 0.5) is 5.69 Å². The van der Waals surface area contributed by atoms with Crippen molar-refractivity contribution < 1.29 is 0 Å². The summed E-state index contributed by atoms with van der Waals surface area (Å²) in [7, 11) is 0. The van der Waals surface area contributed by atoms with E-state index in [9.17, 15) is 0 Å². The molecule has 1 heterocycles. The van der Waals surface area contributed by atoms with E-state index >= 15 is 0 Å². The van der Waals surface area contributed by atoms with E-state index < -0.39 is 0 Å². The number of hydrogen-bond acceptors (Lipinski definition) is 0. The van der Waals surface area contributed by atoms with Crippen molar-refractivity contribution in [3.8, 4) is 0 Å². The molecule has 3 heteroatoms. The predicted octanol–water partition coefficient (Wildman–Crippen LogP) is 3.21. The summed E-state index contributed by atoms with van der Waals surface area (Å²) in [6.45, 7) is 0. The number of hydrogen-bond donors (Lipinski definition) is 0. The van der Waals surface area contributed by atoms with Crippen LogP contribution in [0.2, 0.25) is 10.0 Å². The smallest absolute Gasteiger partial charge is 0.0718 e. The van der Waals surface area contributed by atoms with E-state index in [0.717, 1.165) is 11.3 Å². The third-order valence-electron chi connectivity index (χ3n) is 1.54. The highest BCUT2D eigenvalue weighted by Crippen LogP contribution is 2.32. The van der Waals surface area contributed by atoms with Crippen LogP contribution in [0, 0.1) is 0 Å². The van der Waals surface area contributed by atoms with Crippen LogP contribution in [0.25, 0.3) is 6.08 Å². The van der Waals surface area contributed by atoms with Gasteiger partial charge in [0.25, 0.3) is 0 Å². The van der Waals surface area contributed by atoms with Crippen molar-refractivity contribution in [2.24, 2.45) is 0 Å².